The van der Waals surface area contributed by atoms with Crippen molar-refractivity contribution >= 4 is 21.9 Å². The second-order valence-corrected chi connectivity index (χ2v) is 3.91. The number of ether oxygens (including phenoxy) is 2. The van der Waals surface area contributed by atoms with E-state index in [1.54, 1.807) is 0 Å². The summed E-state index contributed by atoms with van der Waals surface area (Å²) in [5.74, 6) is 0.569. The van der Waals surface area contributed by atoms with Gasteiger partial charge in [0.05, 0.1) is 13.2 Å². The van der Waals surface area contributed by atoms with E-state index in [1.165, 1.54) is 6.92 Å². The number of rotatable bonds is 5. The fraction of sp³-hybridized carbons (Fsp3) is 0.364. The summed E-state index contributed by atoms with van der Waals surface area (Å²) in [4.78, 5) is 10.4. The molecule has 0 saturated carbocycles. The Bertz CT molecular complexity index is 308. The maximum Gasteiger partial charge on any atom is 0.302 e. The number of hydrogen-bond acceptors (Lipinski definition) is 3. The number of hydrogen-bond donors (Lipinski definition) is 0. The summed E-state index contributed by atoms with van der Waals surface area (Å²) < 4.78 is 11.2. The zero-order valence-electron chi connectivity index (χ0n) is 8.53. The molecular weight excluding hydrogens is 260 g/mol. The van der Waals surface area contributed by atoms with Gasteiger partial charge in [-0.05, 0) is 24.3 Å². The van der Waals surface area contributed by atoms with Crippen LogP contribution in [0.2, 0.25) is 0 Å². The van der Waals surface area contributed by atoms with Gasteiger partial charge in [-0.1, -0.05) is 15.9 Å². The van der Waals surface area contributed by atoms with Crippen molar-refractivity contribution in [1.29, 1.82) is 0 Å². The maximum atomic E-state index is 10.4. The molecule has 0 spiro atoms. The van der Waals surface area contributed by atoms with E-state index >= 15 is 0 Å². The van der Waals surface area contributed by atoms with Gasteiger partial charge in [-0.2, -0.15) is 0 Å². The lowest BCUT2D eigenvalue weighted by atomic mass is 10.3. The molecule has 82 valence electrons. The van der Waals surface area contributed by atoms with Gasteiger partial charge in [-0.3, -0.25) is 4.79 Å². The smallest absolute Gasteiger partial charge is 0.302 e. The van der Waals surface area contributed by atoms with Crippen LogP contribution in [0.1, 0.15) is 13.3 Å². The zero-order valence-corrected chi connectivity index (χ0v) is 10.1. The van der Waals surface area contributed by atoms with Gasteiger partial charge in [0.1, 0.15) is 5.75 Å². The van der Waals surface area contributed by atoms with Crippen molar-refractivity contribution in [2.45, 2.75) is 13.3 Å². The van der Waals surface area contributed by atoms with Gasteiger partial charge in [0, 0.05) is 17.8 Å². The van der Waals surface area contributed by atoms with E-state index in [2.05, 4.69) is 15.9 Å². The van der Waals surface area contributed by atoms with Gasteiger partial charge in [-0.15, -0.1) is 0 Å². The van der Waals surface area contributed by atoms with E-state index in [-0.39, 0.29) is 5.97 Å². The molecule has 0 amide bonds. The van der Waals surface area contributed by atoms with Crippen molar-refractivity contribution in [3.63, 3.8) is 0 Å². The fourth-order valence-corrected chi connectivity index (χ4v) is 1.26. The lowest BCUT2D eigenvalue weighted by Crippen LogP contribution is -2.05. The van der Waals surface area contributed by atoms with Crippen LogP contribution in [0.4, 0.5) is 0 Å². The summed E-state index contributed by atoms with van der Waals surface area (Å²) in [5.41, 5.74) is 0. The predicted octanol–water partition coefficient (Wildman–Crippen LogP) is 2.78. The first kappa shape index (κ1) is 12.0. The minimum Gasteiger partial charge on any atom is -0.493 e. The molecular formula is C11H13BrO3. The first-order valence-electron chi connectivity index (χ1n) is 4.70. The van der Waals surface area contributed by atoms with E-state index in [4.69, 9.17) is 9.47 Å². The zero-order chi connectivity index (χ0) is 11.1. The molecule has 0 aliphatic heterocycles. The molecule has 0 aliphatic carbocycles. The molecule has 0 saturated heterocycles. The third kappa shape index (κ3) is 5.42. The average molecular weight is 273 g/mol. The van der Waals surface area contributed by atoms with Crippen molar-refractivity contribution < 1.29 is 14.3 Å². The molecule has 0 aromatic heterocycles. The number of benzene rings is 1. The average Bonchev–Trinajstić information content (AvgIpc) is 2.20. The molecule has 0 heterocycles. The Hall–Kier alpha value is -1.03. The van der Waals surface area contributed by atoms with Crippen molar-refractivity contribution in [3.05, 3.63) is 28.7 Å². The maximum absolute atomic E-state index is 10.4. The van der Waals surface area contributed by atoms with Crippen molar-refractivity contribution in [1.82, 2.24) is 0 Å². The summed E-state index contributed by atoms with van der Waals surface area (Å²) in [6.45, 7) is 2.36. The highest BCUT2D eigenvalue weighted by Gasteiger charge is 1.95. The van der Waals surface area contributed by atoms with Crippen LogP contribution < -0.4 is 4.74 Å². The standard InChI is InChI=1S/C11H13BrO3/c1-9(13)14-7-2-8-15-11-5-3-10(12)4-6-11/h3-6H,2,7-8H2,1H3. The van der Waals surface area contributed by atoms with Crippen molar-refractivity contribution in [3.8, 4) is 5.75 Å². The summed E-state index contributed by atoms with van der Waals surface area (Å²) in [6, 6.07) is 7.61. The lowest BCUT2D eigenvalue weighted by Gasteiger charge is -2.05. The molecule has 0 radical (unpaired) electrons. The molecule has 0 atom stereocenters. The minimum absolute atomic E-state index is 0.251. The molecule has 3 nitrogen and oxygen atoms in total. The summed E-state index contributed by atoms with van der Waals surface area (Å²) >= 11 is 3.34. The summed E-state index contributed by atoms with van der Waals surface area (Å²) in [7, 11) is 0. The van der Waals surface area contributed by atoms with Crippen LogP contribution in [0, 0.1) is 0 Å². The third-order valence-corrected chi connectivity index (χ3v) is 2.21. The van der Waals surface area contributed by atoms with Crippen molar-refractivity contribution in [2.24, 2.45) is 0 Å². The Morgan fingerprint density at radius 3 is 2.53 bits per heavy atom. The molecule has 1 aromatic rings. The van der Waals surface area contributed by atoms with Crippen LogP contribution in [-0.2, 0) is 9.53 Å². The Labute approximate surface area is 97.5 Å². The molecule has 0 bridgehead atoms. The number of halogens is 1. The van der Waals surface area contributed by atoms with E-state index in [9.17, 15) is 4.79 Å². The topological polar surface area (TPSA) is 35.5 Å². The number of carbonyl (C=O) groups excluding carboxylic acids is 1. The molecule has 0 aliphatic rings. The molecule has 0 unspecified atom stereocenters. The monoisotopic (exact) mass is 272 g/mol. The number of esters is 1. The SMILES string of the molecule is CC(=O)OCCCOc1ccc(Br)cc1. The van der Waals surface area contributed by atoms with Gasteiger partial charge in [0.2, 0.25) is 0 Å². The van der Waals surface area contributed by atoms with E-state index in [1.807, 2.05) is 24.3 Å². The fourth-order valence-electron chi connectivity index (χ4n) is 0.996. The Morgan fingerprint density at radius 2 is 1.93 bits per heavy atom. The Kier molecular flexibility index (Phi) is 5.18. The molecule has 0 N–H and O–H groups in total. The van der Waals surface area contributed by atoms with Crippen LogP contribution in [-0.4, -0.2) is 19.2 Å². The van der Waals surface area contributed by atoms with E-state index < -0.39 is 0 Å². The Morgan fingerprint density at radius 1 is 1.27 bits per heavy atom. The quantitative estimate of drug-likeness (QED) is 0.611. The van der Waals surface area contributed by atoms with Crippen LogP contribution in [0.25, 0.3) is 0 Å². The highest BCUT2D eigenvalue weighted by molar-refractivity contribution is 9.10. The molecule has 4 heteroatoms. The largest absolute Gasteiger partial charge is 0.493 e. The summed E-state index contributed by atoms with van der Waals surface area (Å²) in [6.07, 6.45) is 0.704. The van der Waals surface area contributed by atoms with Crippen LogP contribution in [0.3, 0.4) is 0 Å². The number of carbonyl (C=O) groups is 1. The van der Waals surface area contributed by atoms with Gasteiger partial charge in [0.15, 0.2) is 0 Å². The normalized spacial score (nSPS) is 9.73. The van der Waals surface area contributed by atoms with Crippen molar-refractivity contribution in [2.75, 3.05) is 13.2 Å². The molecule has 1 aromatic carbocycles. The predicted molar refractivity (Wildman–Crippen MR) is 60.9 cm³/mol. The van der Waals surface area contributed by atoms with Crippen LogP contribution >= 0.6 is 15.9 Å². The molecule has 0 fully saturated rings. The van der Waals surface area contributed by atoms with E-state index in [0.717, 1.165) is 10.2 Å². The molecule has 1 rings (SSSR count). The minimum atomic E-state index is -0.251. The first-order chi connectivity index (χ1) is 7.18. The molecule has 15 heavy (non-hydrogen) atoms. The third-order valence-electron chi connectivity index (χ3n) is 1.68. The van der Waals surface area contributed by atoms with Crippen LogP contribution in [0.5, 0.6) is 5.75 Å². The van der Waals surface area contributed by atoms with E-state index in [0.29, 0.717) is 19.6 Å². The van der Waals surface area contributed by atoms with Crippen LogP contribution in [0.15, 0.2) is 28.7 Å². The highest BCUT2D eigenvalue weighted by atomic mass is 79.9. The van der Waals surface area contributed by atoms with Gasteiger partial charge >= 0.3 is 5.97 Å². The Balaban J connectivity index is 2.15. The van der Waals surface area contributed by atoms with Gasteiger partial charge in [-0.25, -0.2) is 0 Å². The first-order valence-corrected chi connectivity index (χ1v) is 5.49. The highest BCUT2D eigenvalue weighted by Crippen LogP contribution is 2.15. The lowest BCUT2D eigenvalue weighted by molar-refractivity contribution is -0.141. The van der Waals surface area contributed by atoms with Gasteiger partial charge in [0.25, 0.3) is 0 Å². The van der Waals surface area contributed by atoms with Gasteiger partial charge < -0.3 is 9.47 Å². The second kappa shape index (κ2) is 6.45. The second-order valence-electron chi connectivity index (χ2n) is 3.00. The summed E-state index contributed by atoms with van der Waals surface area (Å²) in [5, 5.41) is 0.